The summed E-state index contributed by atoms with van der Waals surface area (Å²) in [5, 5.41) is 9.43. The largest absolute Gasteiger partial charge is 0.481 e. The number of carboxylic acids is 1. The van der Waals surface area contributed by atoms with E-state index in [1.807, 2.05) is 0 Å². The highest BCUT2D eigenvalue weighted by molar-refractivity contribution is 6.30. The number of hydrogen-bond donors (Lipinski definition) is 1. The Morgan fingerprint density at radius 2 is 1.94 bits per heavy atom. The van der Waals surface area contributed by atoms with Gasteiger partial charge in [-0.15, -0.1) is 0 Å². The molecule has 1 atom stereocenters. The molecule has 0 radical (unpaired) electrons. The van der Waals surface area contributed by atoms with Crippen LogP contribution in [-0.2, 0) is 10.5 Å². The number of alkyl halides is 1. The first-order chi connectivity index (χ1) is 7.19. The van der Waals surface area contributed by atoms with Gasteiger partial charge in [0.05, 0.1) is 0 Å². The van der Waals surface area contributed by atoms with Crippen LogP contribution in [0, 0.1) is 5.41 Å². The summed E-state index contributed by atoms with van der Waals surface area (Å²) >= 11 is 5.77. The van der Waals surface area contributed by atoms with E-state index < -0.39 is 17.1 Å². The normalized spacial score (nSPS) is 15.6. The molecule has 16 heavy (non-hydrogen) atoms. The molecular formula is C12H14ClFO2. The van der Waals surface area contributed by atoms with Gasteiger partial charge in [0.25, 0.3) is 0 Å². The van der Waals surface area contributed by atoms with Crippen molar-refractivity contribution in [2.75, 3.05) is 0 Å². The predicted octanol–water partition coefficient (Wildman–Crippen LogP) is 3.64. The van der Waals surface area contributed by atoms with Crippen LogP contribution in [0.4, 0.5) is 4.39 Å². The Labute approximate surface area is 99.0 Å². The molecule has 0 bridgehead atoms. The molecule has 88 valence electrons. The van der Waals surface area contributed by atoms with Gasteiger partial charge < -0.3 is 5.11 Å². The lowest BCUT2D eigenvalue weighted by Crippen LogP contribution is -2.41. The summed E-state index contributed by atoms with van der Waals surface area (Å²) in [6.07, 6.45) is 0. The third-order valence-corrected chi connectivity index (χ3v) is 3.31. The van der Waals surface area contributed by atoms with Gasteiger partial charge in [0.2, 0.25) is 0 Å². The minimum absolute atomic E-state index is 0.271. The summed E-state index contributed by atoms with van der Waals surface area (Å²) in [5.41, 5.74) is -3.23. The van der Waals surface area contributed by atoms with Crippen LogP contribution in [0.15, 0.2) is 24.3 Å². The topological polar surface area (TPSA) is 37.3 Å². The smallest absolute Gasteiger partial charge is 0.312 e. The van der Waals surface area contributed by atoms with Crippen molar-refractivity contribution < 1.29 is 14.3 Å². The van der Waals surface area contributed by atoms with Crippen LogP contribution in [0.3, 0.4) is 0 Å². The monoisotopic (exact) mass is 244 g/mol. The summed E-state index contributed by atoms with van der Waals surface area (Å²) in [6.45, 7) is 3.97. The van der Waals surface area contributed by atoms with Gasteiger partial charge in [-0.3, -0.25) is 4.79 Å². The lowest BCUT2D eigenvalue weighted by atomic mass is 9.73. The first kappa shape index (κ1) is 13.0. The molecule has 0 aromatic heterocycles. The Bertz CT molecular complexity index is 413. The molecule has 1 N–H and O–H groups in total. The van der Waals surface area contributed by atoms with E-state index in [0.717, 1.165) is 0 Å². The van der Waals surface area contributed by atoms with Gasteiger partial charge in [0.1, 0.15) is 11.1 Å². The predicted molar refractivity (Wildman–Crippen MR) is 61.3 cm³/mol. The van der Waals surface area contributed by atoms with Crippen molar-refractivity contribution in [3.63, 3.8) is 0 Å². The van der Waals surface area contributed by atoms with Crippen LogP contribution < -0.4 is 0 Å². The first-order valence-corrected chi connectivity index (χ1v) is 5.26. The Balaban J connectivity index is 3.26. The zero-order valence-electron chi connectivity index (χ0n) is 9.42. The Morgan fingerprint density at radius 1 is 1.38 bits per heavy atom. The fourth-order valence-corrected chi connectivity index (χ4v) is 1.53. The number of rotatable bonds is 3. The number of hydrogen-bond acceptors (Lipinski definition) is 1. The van der Waals surface area contributed by atoms with Gasteiger partial charge in [0, 0.05) is 5.02 Å². The second kappa shape index (κ2) is 4.06. The van der Waals surface area contributed by atoms with E-state index in [-0.39, 0.29) is 5.56 Å². The van der Waals surface area contributed by atoms with Gasteiger partial charge in [-0.25, -0.2) is 4.39 Å². The molecule has 0 aliphatic heterocycles. The third kappa shape index (κ3) is 2.05. The molecule has 1 aromatic carbocycles. The van der Waals surface area contributed by atoms with Gasteiger partial charge in [-0.1, -0.05) is 23.7 Å². The zero-order valence-corrected chi connectivity index (χ0v) is 10.2. The highest BCUT2D eigenvalue weighted by Crippen LogP contribution is 2.43. The fourth-order valence-electron chi connectivity index (χ4n) is 1.34. The molecule has 0 amide bonds. The molecule has 0 spiro atoms. The number of carboxylic acid groups (broad SMARTS) is 1. The van der Waals surface area contributed by atoms with E-state index in [0.29, 0.717) is 5.02 Å². The first-order valence-electron chi connectivity index (χ1n) is 4.88. The fraction of sp³-hybridized carbons (Fsp3) is 0.417. The highest BCUT2D eigenvalue weighted by atomic mass is 35.5. The second-order valence-corrected chi connectivity index (χ2v) is 4.88. The Morgan fingerprint density at radius 3 is 2.38 bits per heavy atom. The van der Waals surface area contributed by atoms with Crippen molar-refractivity contribution in [3.8, 4) is 0 Å². The van der Waals surface area contributed by atoms with E-state index in [1.54, 1.807) is 12.1 Å². The van der Waals surface area contributed by atoms with E-state index in [1.165, 1.54) is 32.9 Å². The number of carbonyl (C=O) groups is 1. The van der Waals surface area contributed by atoms with Crippen LogP contribution in [0.2, 0.25) is 5.02 Å². The van der Waals surface area contributed by atoms with Crippen LogP contribution in [0.25, 0.3) is 0 Å². The molecule has 0 heterocycles. The van der Waals surface area contributed by atoms with Crippen LogP contribution in [0.5, 0.6) is 0 Å². The quantitative estimate of drug-likeness (QED) is 0.882. The van der Waals surface area contributed by atoms with E-state index in [4.69, 9.17) is 16.7 Å². The van der Waals surface area contributed by atoms with E-state index in [9.17, 15) is 9.18 Å². The van der Waals surface area contributed by atoms with Crippen molar-refractivity contribution in [1.82, 2.24) is 0 Å². The van der Waals surface area contributed by atoms with Crippen molar-refractivity contribution in [2.24, 2.45) is 5.41 Å². The molecule has 4 heteroatoms. The molecule has 0 aliphatic rings. The number of benzene rings is 1. The third-order valence-electron chi connectivity index (χ3n) is 3.08. The molecular weight excluding hydrogens is 231 g/mol. The summed E-state index contributed by atoms with van der Waals surface area (Å²) in [5.74, 6) is -1.18. The molecule has 2 nitrogen and oxygen atoms in total. The van der Waals surface area contributed by atoms with Crippen molar-refractivity contribution in [3.05, 3.63) is 34.9 Å². The maximum atomic E-state index is 14.6. The Kier molecular flexibility index (Phi) is 3.29. The van der Waals surface area contributed by atoms with Gasteiger partial charge in [-0.2, -0.15) is 0 Å². The number of halogens is 2. The maximum Gasteiger partial charge on any atom is 0.312 e. The molecule has 0 saturated heterocycles. The molecule has 1 aromatic rings. The Hall–Kier alpha value is -1.09. The van der Waals surface area contributed by atoms with Crippen LogP contribution in [-0.4, -0.2) is 11.1 Å². The van der Waals surface area contributed by atoms with Crippen LogP contribution >= 0.6 is 11.6 Å². The van der Waals surface area contributed by atoms with E-state index >= 15 is 0 Å². The SMILES string of the molecule is CC(C)(C(=O)O)C(C)(F)c1cccc(Cl)c1. The maximum absolute atomic E-state index is 14.6. The average Bonchev–Trinajstić information content (AvgIpc) is 2.17. The van der Waals surface area contributed by atoms with Crippen LogP contribution in [0.1, 0.15) is 26.3 Å². The molecule has 0 fully saturated rings. The highest BCUT2D eigenvalue weighted by Gasteiger charge is 2.48. The zero-order chi connectivity index (χ0) is 12.6. The molecule has 1 unspecified atom stereocenters. The molecule has 0 aliphatic carbocycles. The molecule has 1 rings (SSSR count). The summed E-state index contributed by atoms with van der Waals surface area (Å²) in [6, 6.07) is 6.21. The van der Waals surface area contributed by atoms with Crippen molar-refractivity contribution in [1.29, 1.82) is 0 Å². The van der Waals surface area contributed by atoms with Gasteiger partial charge in [-0.05, 0) is 38.5 Å². The minimum atomic E-state index is -1.98. The standard InChI is InChI=1S/C12H14ClFO2/c1-11(2,10(15)16)12(3,14)8-5-4-6-9(13)7-8/h4-7H,1-3H3,(H,15,16). The van der Waals surface area contributed by atoms with Crippen molar-refractivity contribution >= 4 is 17.6 Å². The average molecular weight is 245 g/mol. The van der Waals surface area contributed by atoms with E-state index in [2.05, 4.69) is 0 Å². The van der Waals surface area contributed by atoms with Crippen molar-refractivity contribution in [2.45, 2.75) is 26.4 Å². The summed E-state index contributed by atoms with van der Waals surface area (Å²) in [4.78, 5) is 11.1. The summed E-state index contributed by atoms with van der Waals surface area (Å²) < 4.78 is 14.6. The lowest BCUT2D eigenvalue weighted by Gasteiger charge is -2.34. The number of aliphatic carboxylic acids is 1. The summed E-state index contributed by atoms with van der Waals surface area (Å²) in [7, 11) is 0. The molecule has 0 saturated carbocycles. The second-order valence-electron chi connectivity index (χ2n) is 4.44. The minimum Gasteiger partial charge on any atom is -0.481 e. The van der Waals surface area contributed by atoms with Gasteiger partial charge in [0.15, 0.2) is 0 Å². The van der Waals surface area contributed by atoms with Gasteiger partial charge >= 0.3 is 5.97 Å². The lowest BCUT2D eigenvalue weighted by molar-refractivity contribution is -0.156.